The molecule has 36 heavy (non-hydrogen) atoms. The highest BCUT2D eigenvalue weighted by Crippen LogP contribution is 2.46. The summed E-state index contributed by atoms with van der Waals surface area (Å²) in [5.74, 6) is 0. The van der Waals surface area contributed by atoms with E-state index in [0.717, 1.165) is 0 Å². The Bertz CT molecular complexity index is 1860. The third-order valence-electron chi connectivity index (χ3n) is 7.25. The number of rotatable bonds is 3. The fourth-order valence-electron chi connectivity index (χ4n) is 5.63. The van der Waals surface area contributed by atoms with E-state index in [4.69, 9.17) is 0 Å². The van der Waals surface area contributed by atoms with Gasteiger partial charge < -0.3 is 0 Å². The van der Waals surface area contributed by atoms with Crippen LogP contribution in [0.3, 0.4) is 0 Å². The lowest BCUT2D eigenvalue weighted by Crippen LogP contribution is -1.92. The molecule has 0 atom stereocenters. The first-order valence-electron chi connectivity index (χ1n) is 12.5. The second-order valence-corrected chi connectivity index (χ2v) is 9.31. The second kappa shape index (κ2) is 8.52. The third-order valence-corrected chi connectivity index (χ3v) is 7.25. The van der Waals surface area contributed by atoms with Crippen LogP contribution < -0.4 is 0 Å². The van der Waals surface area contributed by atoms with Crippen LogP contribution in [0.25, 0.3) is 65.7 Å². The minimum Gasteiger partial charge on any atom is -0.0622 e. The van der Waals surface area contributed by atoms with Crippen LogP contribution in [-0.2, 0) is 0 Å². The van der Waals surface area contributed by atoms with Crippen molar-refractivity contribution in [2.24, 2.45) is 0 Å². The first-order chi connectivity index (χ1) is 17.9. The van der Waals surface area contributed by atoms with Gasteiger partial charge in [0.25, 0.3) is 0 Å². The first kappa shape index (κ1) is 20.7. The lowest BCUT2D eigenvalue weighted by molar-refractivity contribution is 1.63. The summed E-state index contributed by atoms with van der Waals surface area (Å²) < 4.78 is 0. The van der Waals surface area contributed by atoms with E-state index < -0.39 is 0 Å². The van der Waals surface area contributed by atoms with Crippen molar-refractivity contribution >= 4 is 32.3 Å². The van der Waals surface area contributed by atoms with Crippen LogP contribution in [0.1, 0.15) is 0 Å². The van der Waals surface area contributed by atoms with Gasteiger partial charge in [0.15, 0.2) is 0 Å². The van der Waals surface area contributed by atoms with Crippen LogP contribution in [0.4, 0.5) is 0 Å². The summed E-state index contributed by atoms with van der Waals surface area (Å²) in [6.07, 6.45) is 0. The largest absolute Gasteiger partial charge is 0.0622 e. The molecule has 0 fully saturated rings. The van der Waals surface area contributed by atoms with Gasteiger partial charge in [0, 0.05) is 0 Å². The average Bonchev–Trinajstić information content (AvgIpc) is 2.96. The van der Waals surface area contributed by atoms with Crippen LogP contribution in [0.15, 0.2) is 146 Å². The number of fused-ring (bicyclic) bond motifs is 3. The molecule has 0 radical (unpaired) electrons. The zero-order chi connectivity index (χ0) is 23.9. The molecular weight excluding hydrogens is 432 g/mol. The Hall–Kier alpha value is -4.68. The first-order valence-corrected chi connectivity index (χ1v) is 12.5. The molecule has 0 saturated heterocycles. The number of hydrogen-bond donors (Lipinski definition) is 0. The van der Waals surface area contributed by atoms with Gasteiger partial charge >= 0.3 is 0 Å². The molecule has 0 nitrogen and oxygen atoms in total. The Morgan fingerprint density at radius 1 is 0.306 bits per heavy atom. The van der Waals surface area contributed by atoms with Crippen molar-refractivity contribution in [3.8, 4) is 33.4 Å². The van der Waals surface area contributed by atoms with Crippen molar-refractivity contribution in [1.29, 1.82) is 0 Å². The second-order valence-electron chi connectivity index (χ2n) is 9.31. The normalized spacial score (nSPS) is 11.3. The minimum atomic E-state index is 1.24. The van der Waals surface area contributed by atoms with E-state index in [1.165, 1.54) is 65.7 Å². The monoisotopic (exact) mass is 456 g/mol. The van der Waals surface area contributed by atoms with Gasteiger partial charge in [-0.05, 0) is 71.8 Å². The third kappa shape index (κ3) is 3.31. The molecular formula is C36H24. The Balaban J connectivity index is 1.73. The standard InChI is InChI=1S/C36H24/c1-3-12-25(13-4-1)30-22-23-32(27-14-5-2-6-15-27)36-34(30)24-28-17-8-10-20-31(28)35(36)33-21-11-18-26-16-7-9-19-29(26)33/h1-24H. The van der Waals surface area contributed by atoms with Crippen LogP contribution in [0, 0.1) is 0 Å². The smallest absolute Gasteiger partial charge is 0.00139 e. The van der Waals surface area contributed by atoms with Crippen molar-refractivity contribution in [3.63, 3.8) is 0 Å². The van der Waals surface area contributed by atoms with E-state index in [-0.39, 0.29) is 0 Å². The molecule has 0 aliphatic carbocycles. The van der Waals surface area contributed by atoms with Crippen molar-refractivity contribution in [3.05, 3.63) is 146 Å². The van der Waals surface area contributed by atoms with Gasteiger partial charge in [0.05, 0.1) is 0 Å². The summed E-state index contributed by atoms with van der Waals surface area (Å²) in [5, 5.41) is 7.67. The molecule has 0 bridgehead atoms. The predicted molar refractivity (Wildman–Crippen MR) is 155 cm³/mol. The molecule has 7 rings (SSSR count). The van der Waals surface area contributed by atoms with Crippen molar-refractivity contribution in [2.45, 2.75) is 0 Å². The van der Waals surface area contributed by atoms with Crippen LogP contribution >= 0.6 is 0 Å². The van der Waals surface area contributed by atoms with E-state index in [1.54, 1.807) is 0 Å². The van der Waals surface area contributed by atoms with E-state index in [0.29, 0.717) is 0 Å². The molecule has 168 valence electrons. The molecule has 0 aliphatic heterocycles. The minimum absolute atomic E-state index is 1.24. The lowest BCUT2D eigenvalue weighted by atomic mass is 9.83. The van der Waals surface area contributed by atoms with Gasteiger partial charge in [0.2, 0.25) is 0 Å². The van der Waals surface area contributed by atoms with E-state index in [1.807, 2.05) is 0 Å². The number of hydrogen-bond acceptors (Lipinski definition) is 0. The topological polar surface area (TPSA) is 0 Å². The summed E-state index contributed by atoms with van der Waals surface area (Å²) in [6, 6.07) is 52.8. The van der Waals surface area contributed by atoms with Gasteiger partial charge in [-0.3, -0.25) is 0 Å². The summed E-state index contributed by atoms with van der Waals surface area (Å²) in [4.78, 5) is 0. The molecule has 0 heterocycles. The summed E-state index contributed by atoms with van der Waals surface area (Å²) >= 11 is 0. The molecule has 0 saturated carbocycles. The number of benzene rings is 7. The average molecular weight is 457 g/mol. The van der Waals surface area contributed by atoms with Gasteiger partial charge in [-0.25, -0.2) is 0 Å². The highest BCUT2D eigenvalue weighted by molar-refractivity contribution is 6.23. The maximum Gasteiger partial charge on any atom is -0.00139 e. The Morgan fingerprint density at radius 2 is 0.861 bits per heavy atom. The maximum atomic E-state index is 2.38. The zero-order valence-electron chi connectivity index (χ0n) is 19.9. The molecule has 7 aromatic rings. The maximum absolute atomic E-state index is 2.38. The molecule has 0 amide bonds. The molecule has 0 aromatic heterocycles. The van der Waals surface area contributed by atoms with E-state index in [2.05, 4.69) is 146 Å². The van der Waals surface area contributed by atoms with Gasteiger partial charge in [-0.1, -0.05) is 140 Å². The molecule has 0 heteroatoms. The van der Waals surface area contributed by atoms with E-state index in [9.17, 15) is 0 Å². The zero-order valence-corrected chi connectivity index (χ0v) is 19.9. The quantitative estimate of drug-likeness (QED) is 0.232. The molecule has 0 unspecified atom stereocenters. The summed E-state index contributed by atoms with van der Waals surface area (Å²) in [7, 11) is 0. The fourth-order valence-corrected chi connectivity index (χ4v) is 5.63. The van der Waals surface area contributed by atoms with Crippen LogP contribution in [-0.4, -0.2) is 0 Å². The predicted octanol–water partition coefficient (Wildman–Crippen LogP) is 10.1. The Morgan fingerprint density at radius 3 is 1.61 bits per heavy atom. The Kier molecular flexibility index (Phi) is 4.89. The Labute approximate surface area is 211 Å². The summed E-state index contributed by atoms with van der Waals surface area (Å²) in [5.41, 5.74) is 7.57. The summed E-state index contributed by atoms with van der Waals surface area (Å²) in [6.45, 7) is 0. The van der Waals surface area contributed by atoms with Gasteiger partial charge in [0.1, 0.15) is 0 Å². The molecule has 0 spiro atoms. The van der Waals surface area contributed by atoms with Crippen molar-refractivity contribution in [1.82, 2.24) is 0 Å². The van der Waals surface area contributed by atoms with Gasteiger partial charge in [-0.15, -0.1) is 0 Å². The lowest BCUT2D eigenvalue weighted by Gasteiger charge is -2.20. The highest BCUT2D eigenvalue weighted by atomic mass is 14.2. The molecule has 0 N–H and O–H groups in total. The van der Waals surface area contributed by atoms with Gasteiger partial charge in [-0.2, -0.15) is 0 Å². The molecule has 7 aromatic carbocycles. The fraction of sp³-hybridized carbons (Fsp3) is 0. The van der Waals surface area contributed by atoms with E-state index >= 15 is 0 Å². The highest BCUT2D eigenvalue weighted by Gasteiger charge is 2.18. The molecule has 0 aliphatic rings. The van der Waals surface area contributed by atoms with Crippen LogP contribution in [0.5, 0.6) is 0 Å². The van der Waals surface area contributed by atoms with Crippen LogP contribution in [0.2, 0.25) is 0 Å². The van der Waals surface area contributed by atoms with Crippen molar-refractivity contribution in [2.75, 3.05) is 0 Å². The van der Waals surface area contributed by atoms with Crippen molar-refractivity contribution < 1.29 is 0 Å². The SMILES string of the molecule is c1ccc(-c2ccc(-c3ccccc3)c3c(-c4cccc5ccccc45)c4ccccc4cc23)cc1.